The summed E-state index contributed by atoms with van der Waals surface area (Å²) in [5.74, 6) is 0.630. The molecule has 0 spiro atoms. The second-order valence-electron chi connectivity index (χ2n) is 9.59. The van der Waals surface area contributed by atoms with Gasteiger partial charge in [0, 0.05) is 18.7 Å². The summed E-state index contributed by atoms with van der Waals surface area (Å²) in [6.07, 6.45) is 5.33. The fraction of sp³-hybridized carbons (Fsp3) is 0.500. The van der Waals surface area contributed by atoms with Gasteiger partial charge in [-0.2, -0.15) is 0 Å². The first-order valence-corrected chi connectivity index (χ1v) is 14.9. The van der Waals surface area contributed by atoms with Crippen LogP contribution in [-0.4, -0.2) is 71.3 Å². The lowest BCUT2D eigenvalue weighted by molar-refractivity contribution is -0.140. The van der Waals surface area contributed by atoms with E-state index in [0.29, 0.717) is 17.9 Å². The minimum Gasteiger partial charge on any atom is -0.497 e. The van der Waals surface area contributed by atoms with E-state index in [1.807, 2.05) is 19.1 Å². The zero-order valence-electron chi connectivity index (χ0n) is 23.3. The van der Waals surface area contributed by atoms with E-state index in [-0.39, 0.29) is 29.9 Å². The van der Waals surface area contributed by atoms with Gasteiger partial charge in [-0.15, -0.1) is 0 Å². The van der Waals surface area contributed by atoms with Gasteiger partial charge in [-0.1, -0.05) is 31.9 Å². The Balaban J connectivity index is 1.96. The number of sulfonamides is 1. The number of carbonyl (C=O) groups excluding carboxylic acids is 2. The van der Waals surface area contributed by atoms with Crippen LogP contribution in [0.5, 0.6) is 17.2 Å². The smallest absolute Gasteiger partial charge is 0.244 e. The lowest BCUT2D eigenvalue weighted by Crippen LogP contribution is -2.53. The Hall–Kier alpha value is -3.47. The first-order chi connectivity index (χ1) is 18.6. The molecule has 1 N–H and O–H groups in total. The zero-order chi connectivity index (χ0) is 28.6. The van der Waals surface area contributed by atoms with Gasteiger partial charge >= 0.3 is 0 Å². The molecule has 39 heavy (non-hydrogen) atoms. The largest absolute Gasteiger partial charge is 0.497 e. The van der Waals surface area contributed by atoms with E-state index in [1.54, 1.807) is 31.4 Å². The summed E-state index contributed by atoms with van der Waals surface area (Å²) in [7, 11) is 0.569. The highest BCUT2D eigenvalue weighted by Crippen LogP contribution is 2.34. The molecule has 0 radical (unpaired) electrons. The van der Waals surface area contributed by atoms with Crippen molar-refractivity contribution in [1.82, 2.24) is 10.2 Å². The first-order valence-electron chi connectivity index (χ1n) is 13.0. The second kappa shape index (κ2) is 13.5. The van der Waals surface area contributed by atoms with Crippen LogP contribution in [0.4, 0.5) is 5.69 Å². The average Bonchev–Trinajstić information content (AvgIpc) is 3.43. The molecule has 1 fully saturated rings. The van der Waals surface area contributed by atoms with Gasteiger partial charge in [0.15, 0.2) is 0 Å². The van der Waals surface area contributed by atoms with Crippen molar-refractivity contribution >= 4 is 27.5 Å². The maximum atomic E-state index is 13.9. The van der Waals surface area contributed by atoms with Gasteiger partial charge < -0.3 is 24.4 Å². The molecular weight excluding hydrogens is 522 g/mol. The van der Waals surface area contributed by atoms with Gasteiger partial charge in [0.2, 0.25) is 21.8 Å². The van der Waals surface area contributed by atoms with Gasteiger partial charge in [0.1, 0.15) is 29.8 Å². The number of hydrogen-bond donors (Lipinski definition) is 1. The van der Waals surface area contributed by atoms with Crippen LogP contribution in [0.15, 0.2) is 42.5 Å². The van der Waals surface area contributed by atoms with Crippen molar-refractivity contribution in [3.05, 3.63) is 48.0 Å². The summed E-state index contributed by atoms with van der Waals surface area (Å²) in [5.41, 5.74) is 0.978. The maximum absolute atomic E-state index is 13.9. The molecule has 0 heterocycles. The number of rotatable bonds is 13. The van der Waals surface area contributed by atoms with E-state index in [9.17, 15) is 18.0 Å². The molecule has 2 amide bonds. The van der Waals surface area contributed by atoms with Crippen LogP contribution in [0.2, 0.25) is 0 Å². The van der Waals surface area contributed by atoms with Crippen LogP contribution in [0.3, 0.4) is 0 Å². The Morgan fingerprint density at radius 1 is 0.974 bits per heavy atom. The molecule has 214 valence electrons. The summed E-state index contributed by atoms with van der Waals surface area (Å²) in [5, 5.41) is 3.10. The highest BCUT2D eigenvalue weighted by atomic mass is 32.2. The zero-order valence-corrected chi connectivity index (χ0v) is 24.1. The first kappa shape index (κ1) is 30.1. The van der Waals surface area contributed by atoms with Crippen molar-refractivity contribution in [2.24, 2.45) is 0 Å². The molecule has 1 aliphatic carbocycles. The molecule has 0 aromatic heterocycles. The molecule has 1 atom stereocenters. The third kappa shape index (κ3) is 7.78. The standard InChI is InChI=1S/C28H39N3O7S/c1-6-24(28(33)29-21-9-7-8-10-21)30(18-20-11-13-22(36-2)14-12-20)27(32)19-31(39(5,34)35)25-16-15-23(37-3)17-26(25)38-4/h11-17,21,24H,6-10,18-19H2,1-5H3,(H,29,33). The van der Waals surface area contributed by atoms with Gasteiger partial charge in [0.25, 0.3) is 0 Å². The predicted molar refractivity (Wildman–Crippen MR) is 150 cm³/mol. The monoisotopic (exact) mass is 561 g/mol. The molecule has 0 saturated heterocycles. The molecule has 0 aliphatic heterocycles. The van der Waals surface area contributed by atoms with E-state index in [0.717, 1.165) is 41.8 Å². The number of amides is 2. The van der Waals surface area contributed by atoms with Crippen LogP contribution < -0.4 is 23.8 Å². The number of nitrogens with zero attached hydrogens (tertiary/aromatic N) is 2. The van der Waals surface area contributed by atoms with E-state index >= 15 is 0 Å². The predicted octanol–water partition coefficient (Wildman–Crippen LogP) is 3.34. The van der Waals surface area contributed by atoms with Crippen LogP contribution >= 0.6 is 0 Å². The molecule has 0 bridgehead atoms. The van der Waals surface area contributed by atoms with Crippen molar-refractivity contribution < 1.29 is 32.2 Å². The van der Waals surface area contributed by atoms with Crippen molar-refractivity contribution in [3.63, 3.8) is 0 Å². The second-order valence-corrected chi connectivity index (χ2v) is 11.5. The SMILES string of the molecule is CCC(C(=O)NC1CCCC1)N(Cc1ccc(OC)cc1)C(=O)CN(c1ccc(OC)cc1OC)S(C)(=O)=O. The Labute approximate surface area is 231 Å². The van der Waals surface area contributed by atoms with Crippen molar-refractivity contribution in [2.75, 3.05) is 38.4 Å². The van der Waals surface area contributed by atoms with Gasteiger partial charge in [-0.25, -0.2) is 8.42 Å². The number of methoxy groups -OCH3 is 3. The maximum Gasteiger partial charge on any atom is 0.244 e. The highest BCUT2D eigenvalue weighted by molar-refractivity contribution is 7.92. The summed E-state index contributed by atoms with van der Waals surface area (Å²) in [6.45, 7) is 1.45. The van der Waals surface area contributed by atoms with Gasteiger partial charge in [-0.05, 0) is 49.1 Å². The van der Waals surface area contributed by atoms with Crippen LogP contribution in [0.1, 0.15) is 44.6 Å². The lowest BCUT2D eigenvalue weighted by atomic mass is 10.1. The summed E-state index contributed by atoms with van der Waals surface area (Å²) < 4.78 is 42.7. The number of hydrogen-bond acceptors (Lipinski definition) is 7. The summed E-state index contributed by atoms with van der Waals surface area (Å²) in [4.78, 5) is 28.8. The average molecular weight is 562 g/mol. The van der Waals surface area contributed by atoms with Crippen molar-refractivity contribution in [1.29, 1.82) is 0 Å². The highest BCUT2D eigenvalue weighted by Gasteiger charge is 2.33. The third-order valence-electron chi connectivity index (χ3n) is 6.93. The Morgan fingerprint density at radius 2 is 1.59 bits per heavy atom. The van der Waals surface area contributed by atoms with E-state index < -0.39 is 28.5 Å². The number of benzene rings is 2. The third-order valence-corrected chi connectivity index (χ3v) is 8.06. The number of anilines is 1. The normalized spacial score (nSPS) is 14.4. The topological polar surface area (TPSA) is 114 Å². The Bertz CT molecular complexity index is 1230. The lowest BCUT2D eigenvalue weighted by Gasteiger charge is -2.33. The quantitative estimate of drug-likeness (QED) is 0.399. The molecule has 3 rings (SSSR count). The molecule has 10 nitrogen and oxygen atoms in total. The molecule has 2 aromatic rings. The molecule has 1 saturated carbocycles. The van der Waals surface area contributed by atoms with Crippen LogP contribution in [0, 0.1) is 0 Å². The van der Waals surface area contributed by atoms with Crippen LogP contribution in [0.25, 0.3) is 0 Å². The van der Waals surface area contributed by atoms with Crippen molar-refractivity contribution in [3.8, 4) is 17.2 Å². The fourth-order valence-electron chi connectivity index (χ4n) is 4.80. The van der Waals surface area contributed by atoms with E-state index in [1.165, 1.54) is 25.2 Å². The fourth-order valence-corrected chi connectivity index (χ4v) is 5.65. The molecule has 11 heteroatoms. The molecular formula is C28H39N3O7S. The van der Waals surface area contributed by atoms with E-state index in [2.05, 4.69) is 5.32 Å². The minimum absolute atomic E-state index is 0.0839. The molecule has 1 unspecified atom stereocenters. The van der Waals surface area contributed by atoms with E-state index in [4.69, 9.17) is 14.2 Å². The number of nitrogens with one attached hydrogen (secondary N) is 1. The Morgan fingerprint density at radius 3 is 2.13 bits per heavy atom. The van der Waals surface area contributed by atoms with Gasteiger partial charge in [-0.3, -0.25) is 13.9 Å². The molecule has 2 aromatic carbocycles. The van der Waals surface area contributed by atoms with Crippen LogP contribution in [-0.2, 0) is 26.2 Å². The van der Waals surface area contributed by atoms with Crippen molar-refractivity contribution in [2.45, 2.75) is 57.7 Å². The number of carbonyl (C=O) groups is 2. The number of ether oxygens (including phenoxy) is 3. The summed E-state index contributed by atoms with van der Waals surface area (Å²) >= 11 is 0. The molecule has 1 aliphatic rings. The van der Waals surface area contributed by atoms with Gasteiger partial charge in [0.05, 0.1) is 33.3 Å². The minimum atomic E-state index is -3.90. The Kier molecular flexibility index (Phi) is 10.4. The summed E-state index contributed by atoms with van der Waals surface area (Å²) in [6, 6.07) is 11.2.